The van der Waals surface area contributed by atoms with Gasteiger partial charge >= 0.3 is 5.97 Å². The van der Waals surface area contributed by atoms with E-state index in [1.165, 1.54) is 30.5 Å². The van der Waals surface area contributed by atoms with Crippen LogP contribution in [-0.4, -0.2) is 31.9 Å². The monoisotopic (exact) mass is 373 g/mol. The van der Waals surface area contributed by atoms with E-state index in [9.17, 15) is 18.0 Å². The average molecular weight is 373 g/mol. The van der Waals surface area contributed by atoms with Crippen LogP contribution in [-0.2, 0) is 19.6 Å². The molecule has 1 amide bonds. The summed E-state index contributed by atoms with van der Waals surface area (Å²) in [6, 6.07) is 12.5. The van der Waals surface area contributed by atoms with Crippen LogP contribution < -0.4 is 10.5 Å². The molecule has 4 N–H and O–H groups in total. The Morgan fingerprint density at radius 3 is 2.46 bits per heavy atom. The minimum Gasteiger partial charge on any atom is -0.452 e. The number of H-pyrrole nitrogens is 1. The van der Waals surface area contributed by atoms with E-state index in [2.05, 4.69) is 10.3 Å². The molecular formula is C17H15N3O5S. The molecule has 26 heavy (non-hydrogen) atoms. The Balaban J connectivity index is 1.59. The molecule has 2 aromatic carbocycles. The maximum Gasteiger partial charge on any atom is 0.340 e. The van der Waals surface area contributed by atoms with Gasteiger partial charge in [0.05, 0.1) is 10.5 Å². The third-order valence-electron chi connectivity index (χ3n) is 3.61. The molecule has 0 aliphatic heterocycles. The van der Waals surface area contributed by atoms with Gasteiger partial charge in [-0.05, 0) is 30.3 Å². The fourth-order valence-corrected chi connectivity index (χ4v) is 2.89. The van der Waals surface area contributed by atoms with E-state index in [4.69, 9.17) is 9.88 Å². The van der Waals surface area contributed by atoms with Crippen LogP contribution in [0.2, 0.25) is 0 Å². The molecule has 0 saturated carbocycles. The summed E-state index contributed by atoms with van der Waals surface area (Å²) < 4.78 is 27.4. The Bertz CT molecular complexity index is 1070. The van der Waals surface area contributed by atoms with Crippen LogP contribution in [0.25, 0.3) is 10.9 Å². The van der Waals surface area contributed by atoms with Crippen molar-refractivity contribution in [1.82, 2.24) is 4.98 Å². The van der Waals surface area contributed by atoms with Gasteiger partial charge in [0, 0.05) is 22.8 Å². The van der Waals surface area contributed by atoms with E-state index in [0.29, 0.717) is 16.6 Å². The van der Waals surface area contributed by atoms with Crippen molar-refractivity contribution in [2.24, 2.45) is 5.14 Å². The summed E-state index contributed by atoms with van der Waals surface area (Å²) >= 11 is 0. The number of aromatic nitrogens is 1. The predicted octanol–water partition coefficient (Wildman–Crippen LogP) is 1.61. The first-order valence-corrected chi connectivity index (χ1v) is 9.05. The number of primary sulfonamides is 1. The van der Waals surface area contributed by atoms with Gasteiger partial charge in [0.15, 0.2) is 6.61 Å². The highest BCUT2D eigenvalue weighted by atomic mass is 32.2. The van der Waals surface area contributed by atoms with Crippen LogP contribution >= 0.6 is 0 Å². The van der Waals surface area contributed by atoms with Crippen LogP contribution in [0.1, 0.15) is 10.4 Å². The molecule has 0 spiro atoms. The van der Waals surface area contributed by atoms with Gasteiger partial charge in [-0.25, -0.2) is 18.4 Å². The van der Waals surface area contributed by atoms with E-state index < -0.39 is 28.5 Å². The zero-order valence-corrected chi connectivity index (χ0v) is 14.2. The maximum absolute atomic E-state index is 12.1. The lowest BCUT2D eigenvalue weighted by Crippen LogP contribution is -2.21. The van der Waals surface area contributed by atoms with Crippen LogP contribution in [0.4, 0.5) is 5.69 Å². The van der Waals surface area contributed by atoms with Gasteiger partial charge in [0.2, 0.25) is 10.0 Å². The van der Waals surface area contributed by atoms with E-state index >= 15 is 0 Å². The van der Waals surface area contributed by atoms with E-state index in [0.717, 1.165) is 5.52 Å². The summed E-state index contributed by atoms with van der Waals surface area (Å²) in [7, 11) is -3.80. The first-order chi connectivity index (χ1) is 12.3. The van der Waals surface area contributed by atoms with Crippen molar-refractivity contribution in [3.05, 3.63) is 60.3 Å². The van der Waals surface area contributed by atoms with Crippen molar-refractivity contribution in [2.75, 3.05) is 11.9 Å². The van der Waals surface area contributed by atoms with Crippen LogP contribution in [0, 0.1) is 0 Å². The molecular weight excluding hydrogens is 358 g/mol. The fourth-order valence-electron chi connectivity index (χ4n) is 2.37. The second-order valence-electron chi connectivity index (χ2n) is 5.44. The van der Waals surface area contributed by atoms with Crippen molar-refractivity contribution in [3.8, 4) is 0 Å². The SMILES string of the molecule is NS(=O)(=O)c1ccc(NC(=O)COC(=O)c2c[nH]c3ccccc23)cc1. The molecule has 0 aliphatic rings. The van der Waals surface area contributed by atoms with Crippen LogP contribution in [0.15, 0.2) is 59.6 Å². The van der Waals surface area contributed by atoms with E-state index in [-0.39, 0.29) is 4.90 Å². The Hall–Kier alpha value is -3.17. The van der Waals surface area contributed by atoms with Crippen molar-refractivity contribution in [1.29, 1.82) is 0 Å². The standard InChI is InChI=1S/C17H15N3O5S/c18-26(23,24)12-7-5-11(6-8-12)20-16(21)10-25-17(22)14-9-19-15-4-2-1-3-13(14)15/h1-9,19H,10H2,(H,20,21)(H2,18,23,24). The number of nitrogens with one attached hydrogen (secondary N) is 2. The third kappa shape index (κ3) is 3.90. The Kier molecular flexibility index (Phi) is 4.74. The Morgan fingerprint density at radius 1 is 1.08 bits per heavy atom. The number of aromatic amines is 1. The summed E-state index contributed by atoms with van der Waals surface area (Å²) in [5.74, 6) is -1.18. The minimum atomic E-state index is -3.80. The molecule has 1 aromatic heterocycles. The molecule has 0 fully saturated rings. The minimum absolute atomic E-state index is 0.0683. The maximum atomic E-state index is 12.1. The summed E-state index contributed by atoms with van der Waals surface area (Å²) in [5.41, 5.74) is 1.48. The van der Waals surface area contributed by atoms with Gasteiger partial charge in [-0.15, -0.1) is 0 Å². The number of carbonyl (C=O) groups is 2. The predicted molar refractivity (Wildman–Crippen MR) is 95.0 cm³/mol. The molecule has 3 aromatic rings. The van der Waals surface area contributed by atoms with Gasteiger partial charge in [-0.3, -0.25) is 4.79 Å². The fraction of sp³-hybridized carbons (Fsp3) is 0.0588. The molecule has 1 heterocycles. The van der Waals surface area contributed by atoms with E-state index in [1.54, 1.807) is 12.1 Å². The second kappa shape index (κ2) is 6.98. The molecule has 134 valence electrons. The highest BCUT2D eigenvalue weighted by molar-refractivity contribution is 7.89. The zero-order valence-electron chi connectivity index (χ0n) is 13.4. The molecule has 3 rings (SSSR count). The smallest absolute Gasteiger partial charge is 0.340 e. The average Bonchev–Trinajstić information content (AvgIpc) is 3.03. The number of fused-ring (bicyclic) bond motifs is 1. The van der Waals surface area contributed by atoms with Crippen molar-refractivity contribution in [3.63, 3.8) is 0 Å². The number of rotatable bonds is 5. The Labute approximate surface area is 149 Å². The van der Waals surface area contributed by atoms with Crippen LogP contribution in [0.3, 0.4) is 0 Å². The molecule has 8 nitrogen and oxygen atoms in total. The van der Waals surface area contributed by atoms with Gasteiger partial charge in [0.1, 0.15) is 0 Å². The molecule has 0 aliphatic carbocycles. The molecule has 9 heteroatoms. The van der Waals surface area contributed by atoms with Gasteiger partial charge < -0.3 is 15.0 Å². The van der Waals surface area contributed by atoms with Gasteiger partial charge in [0.25, 0.3) is 5.91 Å². The first-order valence-electron chi connectivity index (χ1n) is 7.50. The number of anilines is 1. The Morgan fingerprint density at radius 2 is 1.77 bits per heavy atom. The number of carbonyl (C=O) groups excluding carboxylic acids is 2. The lowest BCUT2D eigenvalue weighted by molar-refractivity contribution is -0.119. The quantitative estimate of drug-likeness (QED) is 0.585. The number of benzene rings is 2. The third-order valence-corrected chi connectivity index (χ3v) is 4.54. The van der Waals surface area contributed by atoms with Crippen LogP contribution in [0.5, 0.6) is 0 Å². The second-order valence-corrected chi connectivity index (χ2v) is 7.00. The van der Waals surface area contributed by atoms with Crippen molar-refractivity contribution < 1.29 is 22.7 Å². The number of ether oxygens (including phenoxy) is 1. The largest absolute Gasteiger partial charge is 0.452 e. The number of amides is 1. The number of para-hydroxylation sites is 1. The first kappa shape index (κ1) is 17.6. The van der Waals surface area contributed by atoms with Gasteiger partial charge in [-0.1, -0.05) is 18.2 Å². The van der Waals surface area contributed by atoms with Gasteiger partial charge in [-0.2, -0.15) is 0 Å². The highest BCUT2D eigenvalue weighted by Crippen LogP contribution is 2.18. The van der Waals surface area contributed by atoms with E-state index in [1.807, 2.05) is 12.1 Å². The van der Waals surface area contributed by atoms with Crippen molar-refractivity contribution in [2.45, 2.75) is 4.90 Å². The number of esters is 1. The number of hydrogen-bond donors (Lipinski definition) is 3. The normalized spacial score (nSPS) is 11.3. The molecule has 0 radical (unpaired) electrons. The topological polar surface area (TPSA) is 131 Å². The summed E-state index contributed by atoms with van der Waals surface area (Å²) in [4.78, 5) is 26.9. The number of nitrogens with two attached hydrogens (primary N) is 1. The molecule has 0 unspecified atom stereocenters. The number of sulfonamides is 1. The van der Waals surface area contributed by atoms with Crippen molar-refractivity contribution >= 4 is 38.5 Å². The summed E-state index contributed by atoms with van der Waals surface area (Å²) in [6.45, 7) is -0.477. The summed E-state index contributed by atoms with van der Waals surface area (Å²) in [6.07, 6.45) is 1.52. The molecule has 0 saturated heterocycles. The molecule has 0 bridgehead atoms. The highest BCUT2D eigenvalue weighted by Gasteiger charge is 2.15. The lowest BCUT2D eigenvalue weighted by Gasteiger charge is -2.07. The zero-order chi connectivity index (χ0) is 18.7. The lowest BCUT2D eigenvalue weighted by atomic mass is 10.2. The summed E-state index contributed by atoms with van der Waals surface area (Å²) in [5, 5.41) is 8.20. The molecule has 0 atom stereocenters. The number of hydrogen-bond acceptors (Lipinski definition) is 5.